The van der Waals surface area contributed by atoms with Crippen LogP contribution in [-0.4, -0.2) is 234 Å². The Bertz CT molecular complexity index is 2430. The number of carbonyl (C=O) groups excluding carboxylic acids is 8. The SMILES string of the molecule is O=C(CCCCC(=O)OCCOCCOC(=O)CCCCC(=O)OCP(=O)(CO)CO)OCCOCCO.O=C(CCCCC(=O)OCCn1c(=O)n(CCO)c(=O)n(CCOC(=O)CCCCC(=O)OCP(=O)(CO)CO)c1=O)OCCOCCO. The van der Waals surface area contributed by atoms with Crippen LogP contribution < -0.4 is 17.1 Å². The van der Waals surface area contributed by atoms with Gasteiger partial charge in [-0.3, -0.25) is 38.4 Å². The zero-order chi connectivity index (χ0) is 65.1. The highest BCUT2D eigenvalue weighted by molar-refractivity contribution is 7.63. The summed E-state index contributed by atoms with van der Waals surface area (Å²) >= 11 is 0. The van der Waals surface area contributed by atoms with Gasteiger partial charge in [0, 0.05) is 51.4 Å². The third-order valence-electron chi connectivity index (χ3n) is 11.3. The van der Waals surface area contributed by atoms with Crippen LogP contribution in [0.15, 0.2) is 14.4 Å². The van der Waals surface area contributed by atoms with Crippen molar-refractivity contribution in [2.75, 3.05) is 137 Å². The molecule has 0 aliphatic rings. The van der Waals surface area contributed by atoms with Gasteiger partial charge in [-0.1, -0.05) is 0 Å². The lowest BCUT2D eigenvalue weighted by Crippen LogP contribution is -2.55. The minimum absolute atomic E-state index is 0.00108. The number of nitrogens with zero attached hydrogens (tertiary/aromatic N) is 3. The molecule has 34 nitrogen and oxygen atoms in total. The number of unbranched alkanes of at least 4 members (excludes halogenated alkanes) is 4. The Kier molecular flexibility index (Phi) is 47.8. The van der Waals surface area contributed by atoms with Gasteiger partial charge in [-0.15, -0.1) is 0 Å². The average Bonchev–Trinajstić information content (AvgIpc) is 1.83. The van der Waals surface area contributed by atoms with Crippen LogP contribution in [0.4, 0.5) is 0 Å². The monoisotopic (exact) mass is 1300 g/mol. The van der Waals surface area contributed by atoms with Gasteiger partial charge in [0.05, 0.1) is 79.1 Å². The first-order chi connectivity index (χ1) is 41.7. The Hall–Kier alpha value is -5.77. The van der Waals surface area contributed by atoms with Crippen molar-refractivity contribution in [3.8, 4) is 0 Å². The van der Waals surface area contributed by atoms with Gasteiger partial charge in [-0.2, -0.15) is 0 Å². The fourth-order valence-electron chi connectivity index (χ4n) is 6.52. The van der Waals surface area contributed by atoms with E-state index < -0.39 is 151 Å². The predicted molar refractivity (Wildman–Crippen MR) is 298 cm³/mol. The lowest BCUT2D eigenvalue weighted by Gasteiger charge is -2.14. The van der Waals surface area contributed by atoms with Crippen LogP contribution in [0.5, 0.6) is 0 Å². The normalized spacial score (nSPS) is 11.2. The topological polar surface area (TPSA) is 480 Å². The predicted octanol–water partition coefficient (Wildman–Crippen LogP) is -1.79. The Morgan fingerprint density at radius 3 is 0.736 bits per heavy atom. The van der Waals surface area contributed by atoms with E-state index >= 15 is 0 Å². The third kappa shape index (κ3) is 41.2. The largest absolute Gasteiger partial charge is 0.464 e. The van der Waals surface area contributed by atoms with Crippen molar-refractivity contribution in [3.05, 3.63) is 31.5 Å². The molecule has 0 radical (unpaired) electrons. The summed E-state index contributed by atoms with van der Waals surface area (Å²) < 4.78 is 80.1. The summed E-state index contributed by atoms with van der Waals surface area (Å²) in [5, 5.41) is 62.2. The highest BCUT2D eigenvalue weighted by Crippen LogP contribution is 2.43. The molecule has 7 N–H and O–H groups in total. The van der Waals surface area contributed by atoms with E-state index in [4.69, 9.17) is 82.7 Å². The van der Waals surface area contributed by atoms with Crippen molar-refractivity contribution in [1.82, 2.24) is 13.7 Å². The molecule has 1 aromatic heterocycles. The quantitative estimate of drug-likeness (QED) is 0.0164. The molecule has 1 heterocycles. The Morgan fingerprint density at radius 1 is 0.287 bits per heavy atom. The molecule has 1 aromatic rings. The molecule has 0 aliphatic carbocycles. The molecule has 502 valence electrons. The van der Waals surface area contributed by atoms with Crippen molar-refractivity contribution in [2.24, 2.45) is 0 Å². The van der Waals surface area contributed by atoms with E-state index in [9.17, 15) is 67.0 Å². The summed E-state index contributed by atoms with van der Waals surface area (Å²) in [6.07, 6.45) is -1.31. The number of aromatic nitrogens is 3. The maximum Gasteiger partial charge on any atom is 0.336 e. The van der Waals surface area contributed by atoms with Crippen molar-refractivity contribution in [2.45, 2.75) is 122 Å². The number of carbonyl (C=O) groups is 8. The molecule has 0 spiro atoms. The molecule has 0 aliphatic heterocycles. The van der Waals surface area contributed by atoms with Gasteiger partial charge >= 0.3 is 64.8 Å². The summed E-state index contributed by atoms with van der Waals surface area (Å²) in [5.41, 5.74) is -3.14. The van der Waals surface area contributed by atoms with Crippen LogP contribution in [0, 0.1) is 0 Å². The number of ether oxygens (including phenoxy) is 11. The summed E-state index contributed by atoms with van der Waals surface area (Å²) in [4.78, 5) is 132. The van der Waals surface area contributed by atoms with Crippen LogP contribution in [0.1, 0.15) is 103 Å². The summed E-state index contributed by atoms with van der Waals surface area (Å²) in [5.74, 6) is -4.45. The molecule has 87 heavy (non-hydrogen) atoms. The van der Waals surface area contributed by atoms with Gasteiger partial charge in [0.1, 0.15) is 77.7 Å². The van der Waals surface area contributed by atoms with E-state index in [2.05, 4.69) is 0 Å². The first-order valence-electron chi connectivity index (χ1n) is 28.0. The Morgan fingerprint density at radius 2 is 0.506 bits per heavy atom. The summed E-state index contributed by atoms with van der Waals surface area (Å²) in [6, 6.07) is 0. The third-order valence-corrected chi connectivity index (χ3v) is 14.6. The van der Waals surface area contributed by atoms with E-state index in [1.54, 1.807) is 0 Å². The smallest absolute Gasteiger partial charge is 0.336 e. The summed E-state index contributed by atoms with van der Waals surface area (Å²) in [7, 11) is -6.69. The van der Waals surface area contributed by atoms with Crippen LogP contribution in [0.25, 0.3) is 0 Å². The van der Waals surface area contributed by atoms with Crippen LogP contribution in [0.3, 0.4) is 0 Å². The standard InChI is InChI=1S/C28H46N3O17P.C23H41O14P/c32-12-9-29-26(40)30(10-14-45-22(36)5-1-2-7-24(38)47-18-17-44-16-13-33)28(42)31(27(29)41)11-15-46-23(37)6-3-4-8-25(39)48-21-49(43,19-34)20-35;24-9-10-32-11-14-34-20(27)5-1-2-6-21(28)35-15-12-33-13-16-36-22(29)7-3-4-8-23(30)37-19-38(31,17-25)18-26/h32-35H,1-21H2;24-26H,1-19H2. The first-order valence-corrected chi connectivity index (χ1v) is 32.5. The fourth-order valence-corrected chi connectivity index (χ4v) is 7.78. The van der Waals surface area contributed by atoms with Crippen LogP contribution in [-0.2, 0) is 119 Å². The lowest BCUT2D eigenvalue weighted by atomic mass is 10.2. The molecular weight excluding hydrogens is 1210 g/mol. The minimum atomic E-state index is -3.39. The van der Waals surface area contributed by atoms with Crippen molar-refractivity contribution in [3.63, 3.8) is 0 Å². The Labute approximate surface area is 500 Å². The van der Waals surface area contributed by atoms with Crippen LogP contribution in [0.2, 0.25) is 0 Å². The van der Waals surface area contributed by atoms with Crippen LogP contribution >= 0.6 is 14.3 Å². The number of hydrogen-bond donors (Lipinski definition) is 7. The number of esters is 8. The van der Waals surface area contributed by atoms with Gasteiger partial charge < -0.3 is 97.0 Å². The number of hydrogen-bond acceptors (Lipinski definition) is 31. The zero-order valence-corrected chi connectivity index (χ0v) is 50.7. The van der Waals surface area contributed by atoms with E-state index in [-0.39, 0.29) is 149 Å². The Balaban J connectivity index is 0.00000176. The van der Waals surface area contributed by atoms with E-state index in [0.717, 1.165) is 0 Å². The number of aliphatic hydroxyl groups is 7. The van der Waals surface area contributed by atoms with Gasteiger partial charge in [-0.25, -0.2) is 28.1 Å². The average molecular weight is 1300 g/mol. The van der Waals surface area contributed by atoms with Crippen molar-refractivity contribution < 1.29 is 135 Å². The second kappa shape index (κ2) is 51.1. The lowest BCUT2D eigenvalue weighted by molar-refractivity contribution is -0.148. The molecular formula is C51H87N3O31P2. The molecule has 0 bridgehead atoms. The molecule has 0 fully saturated rings. The van der Waals surface area contributed by atoms with Gasteiger partial charge in [0.25, 0.3) is 0 Å². The van der Waals surface area contributed by atoms with Gasteiger partial charge in [-0.05, 0) is 51.4 Å². The molecule has 36 heteroatoms. The van der Waals surface area contributed by atoms with E-state index in [0.29, 0.717) is 52.2 Å². The first kappa shape index (κ1) is 81.2. The zero-order valence-electron chi connectivity index (χ0n) is 48.9. The highest BCUT2D eigenvalue weighted by atomic mass is 31.2. The molecule has 0 atom stereocenters. The number of aliphatic hydroxyl groups excluding tert-OH is 7. The molecule has 0 saturated carbocycles. The minimum Gasteiger partial charge on any atom is -0.464 e. The fraction of sp³-hybridized carbons (Fsp3) is 0.784. The molecule has 0 amide bonds. The molecule has 0 saturated heterocycles. The summed E-state index contributed by atoms with van der Waals surface area (Å²) in [6.45, 7) is -1.76. The second-order valence-electron chi connectivity index (χ2n) is 18.4. The molecule has 0 unspecified atom stereocenters. The number of rotatable bonds is 52. The van der Waals surface area contributed by atoms with Crippen molar-refractivity contribution >= 4 is 62.0 Å². The van der Waals surface area contributed by atoms with Gasteiger partial charge in [0.15, 0.2) is 14.3 Å². The molecule has 1 rings (SSSR count). The highest BCUT2D eigenvalue weighted by Gasteiger charge is 2.24. The van der Waals surface area contributed by atoms with Crippen molar-refractivity contribution in [1.29, 1.82) is 0 Å². The molecule has 0 aromatic carbocycles. The second-order valence-corrected chi connectivity index (χ2v) is 24.3. The van der Waals surface area contributed by atoms with E-state index in [1.165, 1.54) is 0 Å². The maximum atomic E-state index is 13.0. The van der Waals surface area contributed by atoms with Gasteiger partial charge in [0.2, 0.25) is 0 Å². The van der Waals surface area contributed by atoms with E-state index in [1.807, 2.05) is 0 Å². The maximum absolute atomic E-state index is 13.0.